The molecule has 0 spiro atoms. The lowest BCUT2D eigenvalue weighted by Crippen LogP contribution is -2.35. The molecule has 1 heterocycles. The van der Waals surface area contributed by atoms with Crippen molar-refractivity contribution >= 4 is 0 Å². The second-order valence-corrected chi connectivity index (χ2v) is 3.96. The molecule has 1 saturated heterocycles. The molecule has 0 amide bonds. The highest BCUT2D eigenvalue weighted by atomic mass is 19.1. The molecule has 0 saturated carbocycles. The van der Waals surface area contributed by atoms with E-state index in [1.54, 1.807) is 0 Å². The minimum Gasteiger partial charge on any atom is -0.296 e. The number of hydrogen-bond acceptors (Lipinski definition) is 1. The van der Waals surface area contributed by atoms with Crippen molar-refractivity contribution < 1.29 is 4.39 Å². The molecule has 1 fully saturated rings. The SMILES string of the molecule is F[C@@H]1CCCN(Cc2ccccc2)C1. The Morgan fingerprint density at radius 2 is 2.07 bits per heavy atom. The van der Waals surface area contributed by atoms with Gasteiger partial charge in [-0.15, -0.1) is 0 Å². The molecule has 1 atom stereocenters. The van der Waals surface area contributed by atoms with E-state index in [-0.39, 0.29) is 0 Å². The summed E-state index contributed by atoms with van der Waals surface area (Å²) in [7, 11) is 0. The smallest absolute Gasteiger partial charge is 0.113 e. The Kier molecular flexibility index (Phi) is 3.14. The van der Waals surface area contributed by atoms with Crippen molar-refractivity contribution in [3.63, 3.8) is 0 Å². The van der Waals surface area contributed by atoms with Gasteiger partial charge < -0.3 is 0 Å². The van der Waals surface area contributed by atoms with Gasteiger partial charge in [0.1, 0.15) is 6.17 Å². The van der Waals surface area contributed by atoms with Gasteiger partial charge >= 0.3 is 0 Å². The average molecular weight is 193 g/mol. The van der Waals surface area contributed by atoms with Gasteiger partial charge in [-0.25, -0.2) is 4.39 Å². The fraction of sp³-hybridized carbons (Fsp3) is 0.500. The Labute approximate surface area is 84.5 Å². The third-order valence-corrected chi connectivity index (χ3v) is 2.70. The fourth-order valence-corrected chi connectivity index (χ4v) is 1.98. The molecule has 0 N–H and O–H groups in total. The molecule has 1 aromatic carbocycles. The number of rotatable bonds is 2. The summed E-state index contributed by atoms with van der Waals surface area (Å²) in [5.74, 6) is 0. The van der Waals surface area contributed by atoms with Crippen molar-refractivity contribution in [2.75, 3.05) is 13.1 Å². The highest BCUT2D eigenvalue weighted by Gasteiger charge is 2.18. The number of likely N-dealkylation sites (tertiary alicyclic amines) is 1. The Bertz CT molecular complexity index is 273. The van der Waals surface area contributed by atoms with Gasteiger partial charge in [-0.3, -0.25) is 4.90 Å². The van der Waals surface area contributed by atoms with Crippen LogP contribution in [-0.4, -0.2) is 24.2 Å². The zero-order valence-electron chi connectivity index (χ0n) is 8.32. The van der Waals surface area contributed by atoms with Gasteiger partial charge in [-0.05, 0) is 24.9 Å². The summed E-state index contributed by atoms with van der Waals surface area (Å²) in [4.78, 5) is 2.20. The molecule has 1 aromatic rings. The Morgan fingerprint density at radius 3 is 2.79 bits per heavy atom. The van der Waals surface area contributed by atoms with Gasteiger partial charge in [0.15, 0.2) is 0 Å². The lowest BCUT2D eigenvalue weighted by atomic mass is 10.1. The van der Waals surface area contributed by atoms with Crippen LogP contribution in [0.5, 0.6) is 0 Å². The number of benzene rings is 1. The van der Waals surface area contributed by atoms with E-state index < -0.39 is 6.17 Å². The minimum atomic E-state index is -0.618. The van der Waals surface area contributed by atoms with E-state index >= 15 is 0 Å². The number of piperidine rings is 1. The summed E-state index contributed by atoms with van der Waals surface area (Å²) in [5.41, 5.74) is 1.28. The summed E-state index contributed by atoms with van der Waals surface area (Å²) < 4.78 is 13.1. The van der Waals surface area contributed by atoms with Crippen LogP contribution in [-0.2, 0) is 6.54 Å². The van der Waals surface area contributed by atoms with E-state index in [4.69, 9.17) is 0 Å². The van der Waals surface area contributed by atoms with Crippen LogP contribution in [0.4, 0.5) is 4.39 Å². The molecule has 14 heavy (non-hydrogen) atoms. The van der Waals surface area contributed by atoms with Gasteiger partial charge in [0.25, 0.3) is 0 Å². The van der Waals surface area contributed by atoms with Crippen LogP contribution in [0, 0.1) is 0 Å². The predicted molar refractivity (Wildman–Crippen MR) is 55.8 cm³/mol. The highest BCUT2D eigenvalue weighted by molar-refractivity contribution is 5.14. The van der Waals surface area contributed by atoms with E-state index in [9.17, 15) is 4.39 Å². The predicted octanol–water partition coefficient (Wildman–Crippen LogP) is 2.62. The van der Waals surface area contributed by atoms with Crippen LogP contribution in [0.1, 0.15) is 18.4 Å². The Balaban J connectivity index is 1.91. The quantitative estimate of drug-likeness (QED) is 0.698. The van der Waals surface area contributed by atoms with Gasteiger partial charge in [0.05, 0.1) is 0 Å². The first-order chi connectivity index (χ1) is 6.84. The molecule has 2 heteroatoms. The fourth-order valence-electron chi connectivity index (χ4n) is 1.98. The van der Waals surface area contributed by atoms with Gasteiger partial charge in [0, 0.05) is 13.1 Å². The van der Waals surface area contributed by atoms with E-state index in [1.807, 2.05) is 18.2 Å². The van der Waals surface area contributed by atoms with Gasteiger partial charge in [0.2, 0.25) is 0 Å². The van der Waals surface area contributed by atoms with Crippen LogP contribution in [0.2, 0.25) is 0 Å². The van der Waals surface area contributed by atoms with Crippen molar-refractivity contribution in [2.45, 2.75) is 25.6 Å². The summed E-state index contributed by atoms with van der Waals surface area (Å²) in [5, 5.41) is 0. The molecule has 0 unspecified atom stereocenters. The highest BCUT2D eigenvalue weighted by Crippen LogP contribution is 2.15. The number of nitrogens with zero attached hydrogens (tertiary/aromatic N) is 1. The van der Waals surface area contributed by atoms with Crippen LogP contribution in [0.15, 0.2) is 30.3 Å². The lowest BCUT2D eigenvalue weighted by molar-refractivity contribution is 0.133. The Hall–Kier alpha value is -0.890. The Morgan fingerprint density at radius 1 is 1.29 bits per heavy atom. The maximum atomic E-state index is 13.1. The largest absolute Gasteiger partial charge is 0.296 e. The first-order valence-electron chi connectivity index (χ1n) is 5.25. The lowest BCUT2D eigenvalue weighted by Gasteiger charge is -2.28. The number of halogens is 1. The molecule has 1 aliphatic rings. The van der Waals surface area contributed by atoms with E-state index in [0.29, 0.717) is 6.54 Å². The zero-order valence-corrected chi connectivity index (χ0v) is 8.32. The second kappa shape index (κ2) is 4.56. The average Bonchev–Trinajstić information content (AvgIpc) is 2.19. The molecule has 0 aromatic heterocycles. The van der Waals surface area contributed by atoms with E-state index in [1.165, 1.54) is 5.56 Å². The van der Waals surface area contributed by atoms with E-state index in [2.05, 4.69) is 17.0 Å². The van der Waals surface area contributed by atoms with Crippen molar-refractivity contribution in [3.05, 3.63) is 35.9 Å². The maximum Gasteiger partial charge on any atom is 0.113 e. The first-order valence-corrected chi connectivity index (χ1v) is 5.25. The van der Waals surface area contributed by atoms with Crippen molar-refractivity contribution in [3.8, 4) is 0 Å². The number of alkyl halides is 1. The molecule has 1 aliphatic heterocycles. The summed E-state index contributed by atoms with van der Waals surface area (Å²) in [6.07, 6.45) is 1.12. The second-order valence-electron chi connectivity index (χ2n) is 3.96. The zero-order chi connectivity index (χ0) is 9.80. The van der Waals surface area contributed by atoms with Crippen molar-refractivity contribution in [1.82, 2.24) is 4.90 Å². The molecule has 76 valence electrons. The van der Waals surface area contributed by atoms with E-state index in [0.717, 1.165) is 25.9 Å². The van der Waals surface area contributed by atoms with Crippen LogP contribution in [0.3, 0.4) is 0 Å². The van der Waals surface area contributed by atoms with Crippen molar-refractivity contribution in [1.29, 1.82) is 0 Å². The molecular weight excluding hydrogens is 177 g/mol. The van der Waals surface area contributed by atoms with Crippen LogP contribution < -0.4 is 0 Å². The van der Waals surface area contributed by atoms with Crippen LogP contribution >= 0.6 is 0 Å². The molecule has 0 bridgehead atoms. The summed E-state index contributed by atoms with van der Waals surface area (Å²) in [6, 6.07) is 10.3. The molecule has 0 radical (unpaired) electrons. The minimum absolute atomic E-state index is 0.606. The topological polar surface area (TPSA) is 3.24 Å². The molecular formula is C12H16FN. The normalized spacial score (nSPS) is 23.6. The molecule has 2 rings (SSSR count). The van der Waals surface area contributed by atoms with Gasteiger partial charge in [-0.1, -0.05) is 30.3 Å². The van der Waals surface area contributed by atoms with Crippen molar-refractivity contribution in [2.24, 2.45) is 0 Å². The maximum absolute atomic E-state index is 13.1. The third kappa shape index (κ3) is 2.55. The van der Waals surface area contributed by atoms with Crippen LogP contribution in [0.25, 0.3) is 0 Å². The molecule has 1 nitrogen and oxygen atoms in total. The summed E-state index contributed by atoms with van der Waals surface area (Å²) >= 11 is 0. The third-order valence-electron chi connectivity index (χ3n) is 2.70. The standard InChI is InChI=1S/C12H16FN/c13-12-7-4-8-14(10-12)9-11-5-2-1-3-6-11/h1-3,5-6,12H,4,7-10H2/t12-/m1/s1. The number of hydrogen-bond donors (Lipinski definition) is 0. The monoisotopic (exact) mass is 193 g/mol. The first kappa shape index (κ1) is 9.66. The molecule has 0 aliphatic carbocycles. The van der Waals surface area contributed by atoms with Gasteiger partial charge in [-0.2, -0.15) is 0 Å². The summed E-state index contributed by atoms with van der Waals surface area (Å²) in [6.45, 7) is 2.53.